The molecule has 5 rings (SSSR count). The van der Waals surface area contributed by atoms with Gasteiger partial charge in [-0.25, -0.2) is 4.79 Å². The maximum Gasteiger partial charge on any atom is 0.338 e. The minimum absolute atomic E-state index is 0.00454. The van der Waals surface area contributed by atoms with Gasteiger partial charge >= 0.3 is 11.9 Å². The van der Waals surface area contributed by atoms with Crippen molar-refractivity contribution in [3.8, 4) is 0 Å². The number of nitrogens with one attached hydrogen (secondary N) is 1. The van der Waals surface area contributed by atoms with E-state index in [4.69, 9.17) is 4.74 Å². The number of carbonyl (C=O) groups excluding carboxylic acids is 2. The molecule has 136 valence electrons. The number of benzene rings is 1. The van der Waals surface area contributed by atoms with Crippen molar-refractivity contribution >= 4 is 23.5 Å². The molecular formula is C20H21NO5. The number of amides is 1. The number of allylic oxidation sites excluding steroid dienone is 2. The lowest BCUT2D eigenvalue weighted by Gasteiger charge is -2.41. The number of carboxylic acid groups (broad SMARTS) is 1. The van der Waals surface area contributed by atoms with Gasteiger partial charge < -0.3 is 15.2 Å². The molecule has 4 aliphatic carbocycles. The van der Waals surface area contributed by atoms with Crippen molar-refractivity contribution in [3.05, 3.63) is 42.0 Å². The monoisotopic (exact) mass is 355 g/mol. The molecule has 1 amide bonds. The van der Waals surface area contributed by atoms with Crippen LogP contribution in [0.15, 0.2) is 36.4 Å². The molecule has 6 nitrogen and oxygen atoms in total. The zero-order chi connectivity index (χ0) is 18.4. The summed E-state index contributed by atoms with van der Waals surface area (Å²) in [5.74, 6) is -1.93. The lowest BCUT2D eigenvalue weighted by Crippen LogP contribution is -2.48. The summed E-state index contributed by atoms with van der Waals surface area (Å²) in [6, 6.07) is 6.45. The van der Waals surface area contributed by atoms with Crippen molar-refractivity contribution in [2.24, 2.45) is 35.5 Å². The molecule has 0 aromatic heterocycles. The summed E-state index contributed by atoms with van der Waals surface area (Å²) in [7, 11) is 0. The van der Waals surface area contributed by atoms with E-state index in [0.717, 1.165) is 6.42 Å². The molecule has 0 unspecified atom stereocenters. The highest BCUT2D eigenvalue weighted by Crippen LogP contribution is 2.63. The molecule has 6 atom stereocenters. The van der Waals surface area contributed by atoms with Crippen molar-refractivity contribution in [1.82, 2.24) is 0 Å². The highest BCUT2D eigenvalue weighted by atomic mass is 16.5. The van der Waals surface area contributed by atoms with Gasteiger partial charge in [-0.3, -0.25) is 9.59 Å². The number of anilines is 1. The fourth-order valence-electron chi connectivity index (χ4n) is 4.70. The predicted octanol–water partition coefficient (Wildman–Crippen LogP) is 2.57. The Morgan fingerprint density at radius 3 is 2.27 bits per heavy atom. The molecule has 2 fully saturated rings. The van der Waals surface area contributed by atoms with Gasteiger partial charge in [-0.05, 0) is 61.3 Å². The molecule has 4 aliphatic rings. The Kier molecular flexibility index (Phi) is 4.05. The lowest BCUT2D eigenvalue weighted by atomic mass is 9.62. The Hall–Kier alpha value is -2.63. The Labute approximate surface area is 151 Å². The number of ether oxygens (including phenoxy) is 1. The van der Waals surface area contributed by atoms with Gasteiger partial charge in [-0.1, -0.05) is 12.2 Å². The van der Waals surface area contributed by atoms with E-state index in [1.54, 1.807) is 31.2 Å². The lowest BCUT2D eigenvalue weighted by molar-refractivity contribution is -0.152. The highest BCUT2D eigenvalue weighted by molar-refractivity contribution is 5.97. The number of rotatable bonds is 5. The van der Waals surface area contributed by atoms with Gasteiger partial charge in [-0.2, -0.15) is 0 Å². The fraction of sp³-hybridized carbons (Fsp3) is 0.450. The number of fused-ring (bicyclic) bond motifs is 1. The third kappa shape index (κ3) is 2.69. The van der Waals surface area contributed by atoms with Gasteiger partial charge in [0.05, 0.1) is 24.0 Å². The Balaban J connectivity index is 1.50. The molecule has 0 saturated heterocycles. The maximum absolute atomic E-state index is 12.9. The van der Waals surface area contributed by atoms with E-state index in [0.29, 0.717) is 29.7 Å². The van der Waals surface area contributed by atoms with Crippen LogP contribution in [-0.4, -0.2) is 29.6 Å². The third-order valence-corrected chi connectivity index (χ3v) is 5.90. The van der Waals surface area contributed by atoms with Crippen LogP contribution in [0.3, 0.4) is 0 Å². The molecule has 2 saturated carbocycles. The fourth-order valence-corrected chi connectivity index (χ4v) is 4.70. The summed E-state index contributed by atoms with van der Waals surface area (Å²) in [6.07, 6.45) is 5.05. The van der Waals surface area contributed by atoms with E-state index in [1.807, 2.05) is 12.2 Å². The first-order valence-corrected chi connectivity index (χ1v) is 9.00. The number of aliphatic carboxylic acids is 1. The Morgan fingerprint density at radius 2 is 1.69 bits per heavy atom. The van der Waals surface area contributed by atoms with Crippen LogP contribution in [0.1, 0.15) is 23.7 Å². The number of carbonyl (C=O) groups is 3. The van der Waals surface area contributed by atoms with E-state index in [9.17, 15) is 19.5 Å². The average Bonchev–Trinajstić information content (AvgIpc) is 3.44. The highest BCUT2D eigenvalue weighted by Gasteiger charge is 2.62. The first kappa shape index (κ1) is 16.8. The van der Waals surface area contributed by atoms with Crippen molar-refractivity contribution in [3.63, 3.8) is 0 Å². The van der Waals surface area contributed by atoms with Gasteiger partial charge in [0.25, 0.3) is 0 Å². The van der Waals surface area contributed by atoms with Crippen LogP contribution in [0, 0.1) is 35.5 Å². The summed E-state index contributed by atoms with van der Waals surface area (Å²) < 4.78 is 4.94. The predicted molar refractivity (Wildman–Crippen MR) is 93.4 cm³/mol. The maximum atomic E-state index is 12.9. The van der Waals surface area contributed by atoms with Gasteiger partial charge in [0, 0.05) is 5.69 Å². The van der Waals surface area contributed by atoms with E-state index in [1.165, 1.54) is 0 Å². The standard InChI is InChI=1S/C20H21NO5/c1-2-26-20(25)10-3-5-11(6-4-10)21-18(22)16-12-7-8-13(15-9-14(12)15)17(16)19(23)24/h3-8,12-17H,2,9H2,1H3,(H,21,22)(H,23,24)/t12-,13+,14+,15+,16+,17-/m0/s1. The van der Waals surface area contributed by atoms with Crippen molar-refractivity contribution in [2.75, 3.05) is 11.9 Å². The van der Waals surface area contributed by atoms with E-state index < -0.39 is 23.8 Å². The summed E-state index contributed by atoms with van der Waals surface area (Å²) in [4.78, 5) is 36.3. The molecule has 0 spiro atoms. The number of esters is 1. The van der Waals surface area contributed by atoms with Gasteiger partial charge in [0.1, 0.15) is 0 Å². The molecule has 0 aliphatic heterocycles. The first-order valence-electron chi connectivity index (χ1n) is 9.00. The molecular weight excluding hydrogens is 334 g/mol. The number of hydrogen-bond acceptors (Lipinski definition) is 4. The summed E-state index contributed by atoms with van der Waals surface area (Å²) in [5.41, 5.74) is 0.957. The molecule has 0 heterocycles. The molecule has 1 aromatic rings. The minimum Gasteiger partial charge on any atom is -0.481 e. The average molecular weight is 355 g/mol. The number of hydrogen-bond donors (Lipinski definition) is 2. The zero-order valence-corrected chi connectivity index (χ0v) is 14.4. The molecule has 26 heavy (non-hydrogen) atoms. The third-order valence-electron chi connectivity index (χ3n) is 5.90. The van der Waals surface area contributed by atoms with Crippen LogP contribution < -0.4 is 5.32 Å². The quantitative estimate of drug-likeness (QED) is 0.625. The topological polar surface area (TPSA) is 92.7 Å². The van der Waals surface area contributed by atoms with Crippen molar-refractivity contribution in [2.45, 2.75) is 13.3 Å². The number of carboxylic acids is 1. The van der Waals surface area contributed by atoms with Gasteiger partial charge in [0.2, 0.25) is 5.91 Å². The van der Waals surface area contributed by atoms with Crippen LogP contribution in [0.5, 0.6) is 0 Å². The van der Waals surface area contributed by atoms with E-state index in [2.05, 4.69) is 5.32 Å². The van der Waals surface area contributed by atoms with E-state index >= 15 is 0 Å². The van der Waals surface area contributed by atoms with Crippen molar-refractivity contribution < 1.29 is 24.2 Å². The normalized spacial score (nSPS) is 33.3. The smallest absolute Gasteiger partial charge is 0.338 e. The summed E-state index contributed by atoms with van der Waals surface area (Å²) in [6.45, 7) is 2.04. The molecule has 1 aromatic carbocycles. The molecule has 0 radical (unpaired) electrons. The summed E-state index contributed by atoms with van der Waals surface area (Å²) in [5, 5.41) is 12.5. The first-order chi connectivity index (χ1) is 12.5. The molecule has 6 heteroatoms. The van der Waals surface area contributed by atoms with Crippen LogP contribution >= 0.6 is 0 Å². The largest absolute Gasteiger partial charge is 0.481 e. The second-order valence-corrected chi connectivity index (χ2v) is 7.28. The second kappa shape index (κ2) is 6.27. The Bertz CT molecular complexity index is 784. The van der Waals surface area contributed by atoms with E-state index in [-0.39, 0.29) is 17.7 Å². The SMILES string of the molecule is CCOC(=O)c1ccc(NC(=O)[C@@H]2[C@H]3C=C[C@H]([C@H]4C[C@H]34)[C@@H]2C(=O)O)cc1. The van der Waals surface area contributed by atoms with Crippen LogP contribution in [0.4, 0.5) is 5.69 Å². The molecule has 2 N–H and O–H groups in total. The van der Waals surface area contributed by atoms with Crippen LogP contribution in [0.25, 0.3) is 0 Å². The summed E-state index contributed by atoms with van der Waals surface area (Å²) >= 11 is 0. The van der Waals surface area contributed by atoms with Crippen molar-refractivity contribution in [1.29, 1.82) is 0 Å². The van der Waals surface area contributed by atoms with Crippen LogP contribution in [-0.2, 0) is 14.3 Å². The van der Waals surface area contributed by atoms with Crippen LogP contribution in [0.2, 0.25) is 0 Å². The van der Waals surface area contributed by atoms with Gasteiger partial charge in [0.15, 0.2) is 0 Å². The Morgan fingerprint density at radius 1 is 1.08 bits per heavy atom. The molecule has 2 bridgehead atoms. The van der Waals surface area contributed by atoms with Gasteiger partial charge in [-0.15, -0.1) is 0 Å². The second-order valence-electron chi connectivity index (χ2n) is 7.28. The minimum atomic E-state index is -0.896. The zero-order valence-electron chi connectivity index (χ0n) is 14.4.